The molecule has 0 aliphatic carbocycles. The molecule has 1 N–H and O–H groups in total. The van der Waals surface area contributed by atoms with E-state index < -0.39 is 0 Å². The SMILES string of the molecule is Cc1cc(CCC(C)(C)CNC(C)(C)C)c(C)s1. The lowest BCUT2D eigenvalue weighted by Gasteiger charge is -2.30. The Morgan fingerprint density at radius 1 is 1.11 bits per heavy atom. The first kappa shape index (κ1) is 15.7. The average Bonchev–Trinajstić information content (AvgIpc) is 2.51. The van der Waals surface area contributed by atoms with Crippen LogP contribution < -0.4 is 5.32 Å². The summed E-state index contributed by atoms with van der Waals surface area (Å²) in [6.45, 7) is 16.9. The summed E-state index contributed by atoms with van der Waals surface area (Å²) in [7, 11) is 0. The number of hydrogen-bond acceptors (Lipinski definition) is 2. The van der Waals surface area contributed by atoms with Crippen LogP contribution in [0.2, 0.25) is 0 Å². The molecule has 104 valence electrons. The number of rotatable bonds is 5. The van der Waals surface area contributed by atoms with Gasteiger partial charge in [0, 0.05) is 21.8 Å². The highest BCUT2D eigenvalue weighted by molar-refractivity contribution is 7.12. The molecule has 0 fully saturated rings. The van der Waals surface area contributed by atoms with E-state index in [9.17, 15) is 0 Å². The Hall–Kier alpha value is -0.340. The van der Waals surface area contributed by atoms with E-state index >= 15 is 0 Å². The van der Waals surface area contributed by atoms with Crippen LogP contribution in [0.5, 0.6) is 0 Å². The molecule has 18 heavy (non-hydrogen) atoms. The topological polar surface area (TPSA) is 12.0 Å². The van der Waals surface area contributed by atoms with E-state index in [1.54, 1.807) is 5.56 Å². The average molecular weight is 267 g/mol. The second kappa shape index (κ2) is 5.75. The standard InChI is InChI=1S/C16H29NS/c1-12-10-14(13(2)18-12)8-9-16(6,7)11-17-15(3,4)5/h10,17H,8-9,11H2,1-7H3. The third kappa shape index (κ3) is 5.53. The first-order chi connectivity index (χ1) is 8.09. The van der Waals surface area contributed by atoms with Gasteiger partial charge in [0.25, 0.3) is 0 Å². The van der Waals surface area contributed by atoms with Gasteiger partial charge in [-0.2, -0.15) is 0 Å². The van der Waals surface area contributed by atoms with Gasteiger partial charge in [0.05, 0.1) is 0 Å². The van der Waals surface area contributed by atoms with Gasteiger partial charge >= 0.3 is 0 Å². The molecule has 0 aliphatic heterocycles. The van der Waals surface area contributed by atoms with Crippen LogP contribution in [0.15, 0.2) is 6.07 Å². The molecule has 1 heterocycles. The summed E-state index contributed by atoms with van der Waals surface area (Å²) in [6.07, 6.45) is 2.45. The Morgan fingerprint density at radius 3 is 2.17 bits per heavy atom. The maximum Gasteiger partial charge on any atom is 0.00967 e. The van der Waals surface area contributed by atoms with Crippen LogP contribution in [0, 0.1) is 19.3 Å². The Labute approximate surface area is 117 Å². The van der Waals surface area contributed by atoms with Crippen molar-refractivity contribution in [3.05, 3.63) is 21.4 Å². The second-order valence-electron chi connectivity index (χ2n) is 7.21. The number of hydrogen-bond donors (Lipinski definition) is 1. The summed E-state index contributed by atoms with van der Waals surface area (Å²) in [5.74, 6) is 0. The van der Waals surface area contributed by atoms with Crippen LogP contribution >= 0.6 is 11.3 Å². The fourth-order valence-corrected chi connectivity index (χ4v) is 2.97. The second-order valence-corrected chi connectivity index (χ2v) is 8.67. The fourth-order valence-electron chi connectivity index (χ4n) is 2.00. The Kier molecular flexibility index (Phi) is 5.02. The predicted octanol–water partition coefficient (Wildman–Crippen LogP) is 4.71. The molecule has 2 heteroatoms. The summed E-state index contributed by atoms with van der Waals surface area (Å²) in [6, 6.07) is 2.35. The van der Waals surface area contributed by atoms with Gasteiger partial charge in [0.1, 0.15) is 0 Å². The maximum absolute atomic E-state index is 3.62. The predicted molar refractivity (Wildman–Crippen MR) is 83.7 cm³/mol. The highest BCUT2D eigenvalue weighted by Gasteiger charge is 2.21. The first-order valence-electron chi connectivity index (χ1n) is 6.90. The molecule has 0 spiro atoms. The zero-order valence-corrected chi connectivity index (χ0v) is 13.9. The van der Waals surface area contributed by atoms with Gasteiger partial charge in [-0.05, 0) is 64.5 Å². The van der Waals surface area contributed by atoms with Crippen molar-refractivity contribution in [1.82, 2.24) is 5.32 Å². The molecular formula is C16H29NS. The van der Waals surface area contributed by atoms with Crippen molar-refractivity contribution < 1.29 is 0 Å². The molecule has 0 bridgehead atoms. The first-order valence-corrected chi connectivity index (χ1v) is 7.72. The van der Waals surface area contributed by atoms with Crippen LogP contribution in [0.1, 0.15) is 56.4 Å². The smallest absolute Gasteiger partial charge is 0.00967 e. The largest absolute Gasteiger partial charge is 0.312 e. The monoisotopic (exact) mass is 267 g/mol. The molecule has 0 saturated heterocycles. The van der Waals surface area contributed by atoms with E-state index in [1.165, 1.54) is 22.6 Å². The zero-order chi connectivity index (χ0) is 14.0. The maximum atomic E-state index is 3.62. The number of thiophene rings is 1. The lowest BCUT2D eigenvalue weighted by atomic mass is 9.85. The van der Waals surface area contributed by atoms with Crippen LogP contribution in [0.25, 0.3) is 0 Å². The molecule has 0 aromatic carbocycles. The van der Waals surface area contributed by atoms with Crippen LogP contribution in [0.3, 0.4) is 0 Å². The van der Waals surface area contributed by atoms with Crippen molar-refractivity contribution in [2.75, 3.05) is 6.54 Å². The lowest BCUT2D eigenvalue weighted by molar-refractivity contribution is 0.273. The normalized spacial score (nSPS) is 13.1. The minimum atomic E-state index is 0.214. The number of nitrogens with one attached hydrogen (secondary N) is 1. The van der Waals surface area contributed by atoms with Crippen molar-refractivity contribution in [3.63, 3.8) is 0 Å². The molecule has 0 unspecified atom stereocenters. The van der Waals surface area contributed by atoms with Crippen molar-refractivity contribution in [3.8, 4) is 0 Å². The van der Waals surface area contributed by atoms with Gasteiger partial charge in [-0.3, -0.25) is 0 Å². The van der Waals surface area contributed by atoms with E-state index in [0.717, 1.165) is 6.54 Å². The third-order valence-corrected chi connectivity index (χ3v) is 4.32. The summed E-state index contributed by atoms with van der Waals surface area (Å²) in [5, 5.41) is 3.62. The molecule has 0 amide bonds. The van der Waals surface area contributed by atoms with Crippen LogP contribution in [0.4, 0.5) is 0 Å². The van der Waals surface area contributed by atoms with Gasteiger partial charge in [-0.15, -0.1) is 11.3 Å². The Morgan fingerprint density at radius 2 is 1.72 bits per heavy atom. The highest BCUT2D eigenvalue weighted by Crippen LogP contribution is 2.27. The Bertz CT molecular complexity index is 382. The molecule has 1 nitrogen and oxygen atoms in total. The van der Waals surface area contributed by atoms with Crippen molar-refractivity contribution >= 4 is 11.3 Å². The zero-order valence-electron chi connectivity index (χ0n) is 13.1. The minimum absolute atomic E-state index is 0.214. The Balaban J connectivity index is 2.48. The van der Waals surface area contributed by atoms with Gasteiger partial charge in [0.2, 0.25) is 0 Å². The van der Waals surface area contributed by atoms with Crippen molar-refractivity contribution in [2.24, 2.45) is 5.41 Å². The lowest BCUT2D eigenvalue weighted by Crippen LogP contribution is -2.42. The summed E-state index contributed by atoms with van der Waals surface area (Å²) >= 11 is 1.92. The quantitative estimate of drug-likeness (QED) is 0.814. The van der Waals surface area contributed by atoms with Crippen molar-refractivity contribution in [1.29, 1.82) is 0 Å². The molecule has 0 atom stereocenters. The van der Waals surface area contributed by atoms with Crippen molar-refractivity contribution in [2.45, 2.75) is 66.8 Å². The molecule has 1 aromatic heterocycles. The summed E-state index contributed by atoms with van der Waals surface area (Å²) < 4.78 is 0. The molecule has 0 radical (unpaired) electrons. The summed E-state index contributed by atoms with van der Waals surface area (Å²) in [4.78, 5) is 2.93. The van der Waals surface area contributed by atoms with E-state index in [0.29, 0.717) is 5.41 Å². The highest BCUT2D eigenvalue weighted by atomic mass is 32.1. The van der Waals surface area contributed by atoms with Gasteiger partial charge in [-0.1, -0.05) is 13.8 Å². The van der Waals surface area contributed by atoms with Gasteiger partial charge < -0.3 is 5.32 Å². The third-order valence-electron chi connectivity index (χ3n) is 3.31. The molecule has 0 aliphatic rings. The van der Waals surface area contributed by atoms with E-state index in [2.05, 4.69) is 59.8 Å². The van der Waals surface area contributed by atoms with Crippen LogP contribution in [-0.4, -0.2) is 12.1 Å². The van der Waals surface area contributed by atoms with E-state index in [1.807, 2.05) is 11.3 Å². The number of aryl methyl sites for hydroxylation is 3. The fraction of sp³-hybridized carbons (Fsp3) is 0.750. The molecular weight excluding hydrogens is 238 g/mol. The van der Waals surface area contributed by atoms with E-state index in [-0.39, 0.29) is 5.54 Å². The molecule has 1 rings (SSSR count). The van der Waals surface area contributed by atoms with E-state index in [4.69, 9.17) is 0 Å². The van der Waals surface area contributed by atoms with Gasteiger partial charge in [-0.25, -0.2) is 0 Å². The summed E-state index contributed by atoms with van der Waals surface area (Å²) in [5.41, 5.74) is 2.11. The molecule has 0 saturated carbocycles. The van der Waals surface area contributed by atoms with Crippen LogP contribution in [-0.2, 0) is 6.42 Å². The van der Waals surface area contributed by atoms with Gasteiger partial charge in [0.15, 0.2) is 0 Å². The minimum Gasteiger partial charge on any atom is -0.312 e. The molecule has 1 aromatic rings.